The summed E-state index contributed by atoms with van der Waals surface area (Å²) in [6.07, 6.45) is 4.40. The van der Waals surface area contributed by atoms with Crippen LogP contribution in [0.15, 0.2) is 54.6 Å². The molecule has 156 valence electrons. The Kier molecular flexibility index (Phi) is 6.53. The van der Waals surface area contributed by atoms with Crippen LogP contribution in [0.4, 0.5) is 0 Å². The molecule has 4 heteroatoms. The number of nitrogens with zero attached hydrogens (tertiary/aromatic N) is 2. The van der Waals surface area contributed by atoms with Crippen LogP contribution in [0.25, 0.3) is 0 Å². The summed E-state index contributed by atoms with van der Waals surface area (Å²) in [4.78, 5) is 5.02. The number of ether oxygens (including phenoxy) is 1. The molecule has 4 nitrogen and oxygen atoms in total. The van der Waals surface area contributed by atoms with E-state index in [-0.39, 0.29) is 5.41 Å². The standard InChI is InChI=1S/C25H34N2O2/c1-26-15-5-13-25(20-28)14-16-27(19-24(25)26)18-22-8-10-23(11-9-22)29-17-12-21-6-3-2-4-7-21/h2-4,6-11,24,28H,5,12-20H2,1H3/t24-,25-/m1/s1. The topological polar surface area (TPSA) is 35.9 Å². The summed E-state index contributed by atoms with van der Waals surface area (Å²) in [6.45, 7) is 5.26. The molecule has 2 fully saturated rings. The molecule has 2 aromatic rings. The molecular formula is C25H34N2O2. The van der Waals surface area contributed by atoms with E-state index >= 15 is 0 Å². The first-order chi connectivity index (χ1) is 14.2. The van der Waals surface area contributed by atoms with Crippen molar-refractivity contribution in [1.29, 1.82) is 0 Å². The largest absolute Gasteiger partial charge is 0.493 e. The molecule has 2 aliphatic heterocycles. The second-order valence-corrected chi connectivity index (χ2v) is 8.83. The van der Waals surface area contributed by atoms with Crippen LogP contribution in [0.1, 0.15) is 30.4 Å². The molecule has 2 heterocycles. The van der Waals surface area contributed by atoms with Crippen molar-refractivity contribution in [3.05, 3.63) is 65.7 Å². The SMILES string of the molecule is CN1CCC[C@]2(CO)CCN(Cc3ccc(OCCc4ccccc4)cc3)C[C@@H]12. The number of aliphatic hydroxyl groups is 1. The van der Waals surface area contributed by atoms with E-state index in [2.05, 4.69) is 65.4 Å². The molecule has 1 N–H and O–H groups in total. The lowest BCUT2D eigenvalue weighted by Crippen LogP contribution is -2.61. The summed E-state index contributed by atoms with van der Waals surface area (Å²) >= 11 is 0. The highest BCUT2D eigenvalue weighted by Crippen LogP contribution is 2.41. The first kappa shape index (κ1) is 20.4. The summed E-state index contributed by atoms with van der Waals surface area (Å²) in [5.41, 5.74) is 2.75. The van der Waals surface area contributed by atoms with E-state index in [0.29, 0.717) is 19.3 Å². The minimum Gasteiger partial charge on any atom is -0.493 e. The molecule has 0 bridgehead atoms. The van der Waals surface area contributed by atoms with Crippen molar-refractivity contribution in [2.45, 2.75) is 38.3 Å². The van der Waals surface area contributed by atoms with Crippen molar-refractivity contribution in [3.8, 4) is 5.75 Å². The lowest BCUT2D eigenvalue weighted by Gasteiger charge is -2.53. The van der Waals surface area contributed by atoms with Crippen LogP contribution < -0.4 is 4.74 Å². The lowest BCUT2D eigenvalue weighted by molar-refractivity contribution is -0.0684. The van der Waals surface area contributed by atoms with Gasteiger partial charge in [0.05, 0.1) is 13.2 Å². The predicted octanol–water partition coefficient (Wildman–Crippen LogP) is 3.59. The van der Waals surface area contributed by atoms with Crippen LogP contribution >= 0.6 is 0 Å². The van der Waals surface area contributed by atoms with Gasteiger partial charge in [0, 0.05) is 31.0 Å². The number of piperidine rings is 2. The second kappa shape index (κ2) is 9.29. The van der Waals surface area contributed by atoms with Gasteiger partial charge in [-0.05, 0) is 62.7 Å². The smallest absolute Gasteiger partial charge is 0.119 e. The number of rotatable bonds is 7. The van der Waals surface area contributed by atoms with E-state index in [1.807, 2.05) is 6.07 Å². The van der Waals surface area contributed by atoms with Gasteiger partial charge in [-0.2, -0.15) is 0 Å². The van der Waals surface area contributed by atoms with E-state index in [4.69, 9.17) is 4.74 Å². The van der Waals surface area contributed by atoms with Crippen molar-refractivity contribution >= 4 is 0 Å². The van der Waals surface area contributed by atoms with Crippen molar-refractivity contribution in [1.82, 2.24) is 9.80 Å². The fourth-order valence-corrected chi connectivity index (χ4v) is 5.10. The number of fused-ring (bicyclic) bond motifs is 1. The normalized spacial score (nSPS) is 25.5. The summed E-state index contributed by atoms with van der Waals surface area (Å²) < 4.78 is 5.92. The molecule has 2 aliphatic rings. The molecule has 0 radical (unpaired) electrons. The van der Waals surface area contributed by atoms with Gasteiger partial charge in [-0.1, -0.05) is 42.5 Å². The van der Waals surface area contributed by atoms with Gasteiger partial charge in [-0.3, -0.25) is 4.90 Å². The maximum atomic E-state index is 10.1. The van der Waals surface area contributed by atoms with E-state index < -0.39 is 0 Å². The maximum Gasteiger partial charge on any atom is 0.119 e. The third-order valence-electron chi connectivity index (χ3n) is 6.93. The Morgan fingerprint density at radius 1 is 1.00 bits per heavy atom. The molecule has 29 heavy (non-hydrogen) atoms. The highest BCUT2D eigenvalue weighted by molar-refractivity contribution is 5.27. The average Bonchev–Trinajstić information content (AvgIpc) is 2.76. The molecule has 2 aromatic carbocycles. The Labute approximate surface area is 175 Å². The number of aliphatic hydroxyl groups excluding tert-OH is 1. The Balaban J connectivity index is 1.29. The maximum absolute atomic E-state index is 10.1. The van der Waals surface area contributed by atoms with Gasteiger partial charge in [0.1, 0.15) is 5.75 Å². The van der Waals surface area contributed by atoms with Crippen molar-refractivity contribution in [2.75, 3.05) is 39.9 Å². The van der Waals surface area contributed by atoms with Crippen LogP contribution in [0, 0.1) is 5.41 Å². The quantitative estimate of drug-likeness (QED) is 0.779. The number of likely N-dealkylation sites (N-methyl/N-ethyl adjacent to an activating group) is 1. The molecule has 0 unspecified atom stereocenters. The predicted molar refractivity (Wildman–Crippen MR) is 117 cm³/mol. The van der Waals surface area contributed by atoms with Gasteiger partial charge >= 0.3 is 0 Å². The zero-order valence-electron chi connectivity index (χ0n) is 17.6. The number of likely N-dealkylation sites (tertiary alicyclic amines) is 2. The first-order valence-electron chi connectivity index (χ1n) is 11.0. The molecule has 0 saturated carbocycles. The zero-order chi connectivity index (χ0) is 20.1. The van der Waals surface area contributed by atoms with E-state index in [1.54, 1.807) is 0 Å². The fourth-order valence-electron chi connectivity index (χ4n) is 5.10. The summed E-state index contributed by atoms with van der Waals surface area (Å²) in [6, 6.07) is 19.5. The Hall–Kier alpha value is -1.88. The van der Waals surface area contributed by atoms with E-state index in [1.165, 1.54) is 24.0 Å². The third-order valence-corrected chi connectivity index (χ3v) is 6.93. The minimum absolute atomic E-state index is 0.111. The Morgan fingerprint density at radius 3 is 2.55 bits per heavy atom. The lowest BCUT2D eigenvalue weighted by atomic mass is 9.69. The average molecular weight is 395 g/mol. The van der Waals surface area contributed by atoms with Gasteiger partial charge in [0.15, 0.2) is 0 Å². The van der Waals surface area contributed by atoms with E-state index in [9.17, 15) is 5.11 Å². The van der Waals surface area contributed by atoms with Gasteiger partial charge in [0.2, 0.25) is 0 Å². The first-order valence-corrected chi connectivity index (χ1v) is 11.0. The molecule has 2 saturated heterocycles. The van der Waals surface area contributed by atoms with Crippen LogP contribution in [0.2, 0.25) is 0 Å². The molecule has 2 atom stereocenters. The van der Waals surface area contributed by atoms with Gasteiger partial charge in [-0.25, -0.2) is 0 Å². The van der Waals surface area contributed by atoms with Gasteiger partial charge < -0.3 is 14.7 Å². The molecule has 0 amide bonds. The van der Waals surface area contributed by atoms with Crippen molar-refractivity contribution in [2.24, 2.45) is 5.41 Å². The van der Waals surface area contributed by atoms with Crippen LogP contribution in [0.3, 0.4) is 0 Å². The number of hydrogen-bond donors (Lipinski definition) is 1. The van der Waals surface area contributed by atoms with Gasteiger partial charge in [-0.15, -0.1) is 0 Å². The zero-order valence-corrected chi connectivity index (χ0v) is 17.6. The van der Waals surface area contributed by atoms with Gasteiger partial charge in [0.25, 0.3) is 0 Å². The molecular weight excluding hydrogens is 360 g/mol. The Bertz CT molecular complexity index is 764. The number of hydrogen-bond acceptors (Lipinski definition) is 4. The van der Waals surface area contributed by atoms with E-state index in [0.717, 1.165) is 44.8 Å². The molecule has 0 spiro atoms. The molecule has 4 rings (SSSR count). The monoisotopic (exact) mass is 394 g/mol. The highest BCUT2D eigenvalue weighted by atomic mass is 16.5. The minimum atomic E-state index is 0.111. The summed E-state index contributed by atoms with van der Waals surface area (Å²) in [5, 5.41) is 10.1. The van der Waals surface area contributed by atoms with Crippen LogP contribution in [0.5, 0.6) is 5.75 Å². The second-order valence-electron chi connectivity index (χ2n) is 8.83. The third kappa shape index (κ3) is 4.82. The van der Waals surface area contributed by atoms with Crippen molar-refractivity contribution in [3.63, 3.8) is 0 Å². The fraction of sp³-hybridized carbons (Fsp3) is 0.520. The summed E-state index contributed by atoms with van der Waals surface area (Å²) in [7, 11) is 2.22. The Morgan fingerprint density at radius 2 is 1.79 bits per heavy atom. The van der Waals surface area contributed by atoms with Crippen LogP contribution in [-0.4, -0.2) is 60.8 Å². The molecule has 0 aromatic heterocycles. The van der Waals surface area contributed by atoms with Crippen molar-refractivity contribution < 1.29 is 9.84 Å². The summed E-state index contributed by atoms with van der Waals surface area (Å²) in [5.74, 6) is 0.939. The van der Waals surface area contributed by atoms with Crippen LogP contribution in [-0.2, 0) is 13.0 Å². The molecule has 0 aliphatic carbocycles. The highest BCUT2D eigenvalue weighted by Gasteiger charge is 2.46. The number of benzene rings is 2.